The Labute approximate surface area is 89.1 Å². The van der Waals surface area contributed by atoms with Gasteiger partial charge in [0, 0.05) is 12.7 Å². The molecule has 1 amide bonds. The third-order valence-electron chi connectivity index (χ3n) is 1.71. The van der Waals surface area contributed by atoms with E-state index in [-0.39, 0.29) is 18.7 Å². The zero-order valence-corrected chi connectivity index (χ0v) is 8.08. The highest BCUT2D eigenvalue weighted by molar-refractivity contribution is 5.93. The molecule has 7 heteroatoms. The normalized spacial score (nSPS) is 11.2. The van der Waals surface area contributed by atoms with Gasteiger partial charge in [0.25, 0.3) is 5.91 Å². The highest BCUT2D eigenvalue weighted by atomic mass is 19.4. The van der Waals surface area contributed by atoms with Gasteiger partial charge in [-0.1, -0.05) is 0 Å². The van der Waals surface area contributed by atoms with Crippen LogP contribution in [-0.4, -0.2) is 29.1 Å². The molecule has 0 saturated carbocycles. The number of pyridine rings is 1. The summed E-state index contributed by atoms with van der Waals surface area (Å²) in [4.78, 5) is 14.4. The number of carbonyl (C=O) groups is 1. The molecule has 2 N–H and O–H groups in total. The summed E-state index contributed by atoms with van der Waals surface area (Å²) >= 11 is 0. The zero-order valence-electron chi connectivity index (χ0n) is 8.08. The monoisotopic (exact) mass is 234 g/mol. The summed E-state index contributed by atoms with van der Waals surface area (Å²) in [5.41, 5.74) is -1.03. The Balaban J connectivity index is 2.75. The second kappa shape index (κ2) is 4.93. The largest absolute Gasteiger partial charge is 0.433 e. The van der Waals surface area contributed by atoms with Crippen LogP contribution < -0.4 is 5.32 Å². The molecule has 0 aliphatic rings. The molecule has 16 heavy (non-hydrogen) atoms. The fraction of sp³-hybridized carbons (Fsp3) is 0.333. The number of aliphatic hydroxyl groups is 1. The maximum Gasteiger partial charge on any atom is 0.433 e. The van der Waals surface area contributed by atoms with Crippen molar-refractivity contribution >= 4 is 5.91 Å². The minimum absolute atomic E-state index is 0.0152. The Morgan fingerprint density at radius 3 is 2.56 bits per heavy atom. The Morgan fingerprint density at radius 2 is 2.12 bits per heavy atom. The van der Waals surface area contributed by atoms with Gasteiger partial charge in [0.1, 0.15) is 5.69 Å². The van der Waals surface area contributed by atoms with Crippen LogP contribution in [0.3, 0.4) is 0 Å². The second-order valence-corrected chi connectivity index (χ2v) is 2.91. The van der Waals surface area contributed by atoms with Crippen LogP contribution >= 0.6 is 0 Å². The first-order chi connectivity index (χ1) is 7.45. The lowest BCUT2D eigenvalue weighted by Crippen LogP contribution is -2.26. The maximum atomic E-state index is 12.1. The summed E-state index contributed by atoms with van der Waals surface area (Å²) in [5, 5.41) is 10.7. The Bertz CT molecular complexity index is 362. The average Bonchev–Trinajstić information content (AvgIpc) is 2.25. The predicted molar refractivity (Wildman–Crippen MR) is 48.7 cm³/mol. The summed E-state index contributed by atoms with van der Waals surface area (Å²) in [5.74, 6) is -0.574. The van der Waals surface area contributed by atoms with E-state index < -0.39 is 17.8 Å². The molecular formula is C9H9F3N2O2. The molecule has 0 atom stereocenters. The van der Waals surface area contributed by atoms with Gasteiger partial charge >= 0.3 is 6.18 Å². The van der Waals surface area contributed by atoms with Crippen molar-refractivity contribution in [1.29, 1.82) is 0 Å². The fourth-order valence-electron chi connectivity index (χ4n) is 0.967. The average molecular weight is 234 g/mol. The SMILES string of the molecule is O=C(NCCO)c1ccc(C(F)(F)F)nc1. The van der Waals surface area contributed by atoms with E-state index in [4.69, 9.17) is 5.11 Å². The van der Waals surface area contributed by atoms with Crippen molar-refractivity contribution in [2.45, 2.75) is 6.18 Å². The second-order valence-electron chi connectivity index (χ2n) is 2.91. The first-order valence-electron chi connectivity index (χ1n) is 4.37. The molecule has 0 aromatic carbocycles. The van der Waals surface area contributed by atoms with Crippen LogP contribution in [0.4, 0.5) is 13.2 Å². The van der Waals surface area contributed by atoms with E-state index in [1.165, 1.54) is 0 Å². The summed E-state index contributed by atoms with van der Waals surface area (Å²) in [6, 6.07) is 1.76. The summed E-state index contributed by atoms with van der Waals surface area (Å²) in [6.45, 7) is -0.195. The predicted octanol–water partition coefficient (Wildman–Crippen LogP) is 0.823. The van der Waals surface area contributed by atoms with Gasteiger partial charge in [-0.15, -0.1) is 0 Å². The van der Waals surface area contributed by atoms with Crippen molar-refractivity contribution in [3.63, 3.8) is 0 Å². The van der Waals surface area contributed by atoms with Crippen molar-refractivity contribution in [1.82, 2.24) is 10.3 Å². The van der Waals surface area contributed by atoms with Crippen molar-refractivity contribution in [2.75, 3.05) is 13.2 Å². The van der Waals surface area contributed by atoms with Gasteiger partial charge in [-0.25, -0.2) is 0 Å². The van der Waals surface area contributed by atoms with E-state index in [0.717, 1.165) is 18.3 Å². The van der Waals surface area contributed by atoms with E-state index in [0.29, 0.717) is 0 Å². The molecule has 0 bridgehead atoms. The molecular weight excluding hydrogens is 225 g/mol. The highest BCUT2D eigenvalue weighted by Crippen LogP contribution is 2.27. The third kappa shape index (κ3) is 3.20. The summed E-state index contributed by atoms with van der Waals surface area (Å²) in [6.07, 6.45) is -3.67. The molecule has 0 aliphatic carbocycles. The zero-order chi connectivity index (χ0) is 12.2. The maximum absolute atomic E-state index is 12.1. The van der Waals surface area contributed by atoms with Crippen LogP contribution in [0.2, 0.25) is 0 Å². The van der Waals surface area contributed by atoms with Crippen molar-refractivity contribution in [3.8, 4) is 0 Å². The molecule has 0 unspecified atom stereocenters. The number of nitrogens with zero attached hydrogens (tertiary/aromatic N) is 1. The fourth-order valence-corrected chi connectivity index (χ4v) is 0.967. The molecule has 0 fully saturated rings. The molecule has 0 saturated heterocycles. The molecule has 0 spiro atoms. The number of amides is 1. The van der Waals surface area contributed by atoms with Crippen LogP contribution in [0, 0.1) is 0 Å². The number of carbonyl (C=O) groups excluding carboxylic acids is 1. The van der Waals surface area contributed by atoms with Gasteiger partial charge in [0.15, 0.2) is 0 Å². The van der Waals surface area contributed by atoms with Gasteiger partial charge in [-0.05, 0) is 12.1 Å². The van der Waals surface area contributed by atoms with E-state index in [9.17, 15) is 18.0 Å². The minimum Gasteiger partial charge on any atom is -0.395 e. The molecule has 1 aromatic rings. The van der Waals surface area contributed by atoms with E-state index in [1.807, 2.05) is 0 Å². The quantitative estimate of drug-likeness (QED) is 0.814. The Kier molecular flexibility index (Phi) is 3.83. The number of aromatic nitrogens is 1. The number of aliphatic hydroxyl groups excluding tert-OH is 1. The van der Waals surface area contributed by atoms with Crippen molar-refractivity contribution in [2.24, 2.45) is 0 Å². The van der Waals surface area contributed by atoms with Gasteiger partial charge in [-0.2, -0.15) is 13.2 Å². The first kappa shape index (κ1) is 12.4. The van der Waals surface area contributed by atoms with Crippen LogP contribution in [0.5, 0.6) is 0 Å². The molecule has 1 aromatic heterocycles. The van der Waals surface area contributed by atoms with Gasteiger partial charge in [0.2, 0.25) is 0 Å². The number of rotatable bonds is 3. The standard InChI is InChI=1S/C9H9F3N2O2/c10-9(11,12)7-2-1-6(5-14-7)8(16)13-3-4-15/h1-2,5,15H,3-4H2,(H,13,16). The molecule has 0 radical (unpaired) electrons. The molecule has 1 heterocycles. The van der Waals surface area contributed by atoms with Gasteiger partial charge in [0.05, 0.1) is 12.2 Å². The molecule has 4 nitrogen and oxygen atoms in total. The van der Waals surface area contributed by atoms with Crippen LogP contribution in [0.15, 0.2) is 18.3 Å². The lowest BCUT2D eigenvalue weighted by Gasteiger charge is -2.06. The first-order valence-corrected chi connectivity index (χ1v) is 4.37. The van der Waals surface area contributed by atoms with Gasteiger partial charge in [-0.3, -0.25) is 9.78 Å². The van der Waals surface area contributed by atoms with E-state index >= 15 is 0 Å². The van der Waals surface area contributed by atoms with Crippen molar-refractivity contribution < 1.29 is 23.1 Å². The Hall–Kier alpha value is -1.63. The number of halogens is 3. The number of hydrogen-bond donors (Lipinski definition) is 2. The van der Waals surface area contributed by atoms with Crippen LogP contribution in [0.1, 0.15) is 16.1 Å². The third-order valence-corrected chi connectivity index (χ3v) is 1.71. The molecule has 88 valence electrons. The Morgan fingerprint density at radius 1 is 1.44 bits per heavy atom. The molecule has 1 rings (SSSR count). The molecule has 0 aliphatic heterocycles. The number of hydrogen-bond acceptors (Lipinski definition) is 3. The summed E-state index contributed by atoms with van der Waals surface area (Å²) < 4.78 is 36.4. The number of nitrogens with one attached hydrogen (secondary N) is 1. The highest BCUT2D eigenvalue weighted by Gasteiger charge is 2.32. The smallest absolute Gasteiger partial charge is 0.395 e. The van der Waals surface area contributed by atoms with E-state index in [2.05, 4.69) is 10.3 Å². The van der Waals surface area contributed by atoms with E-state index in [1.54, 1.807) is 0 Å². The lowest BCUT2D eigenvalue weighted by molar-refractivity contribution is -0.141. The van der Waals surface area contributed by atoms with Crippen LogP contribution in [0.25, 0.3) is 0 Å². The van der Waals surface area contributed by atoms with Crippen LogP contribution in [-0.2, 0) is 6.18 Å². The number of alkyl halides is 3. The minimum atomic E-state index is -4.51. The lowest BCUT2D eigenvalue weighted by atomic mass is 10.2. The van der Waals surface area contributed by atoms with Crippen molar-refractivity contribution in [3.05, 3.63) is 29.6 Å². The van der Waals surface area contributed by atoms with Gasteiger partial charge < -0.3 is 10.4 Å². The summed E-state index contributed by atoms with van der Waals surface area (Å²) in [7, 11) is 0. The topological polar surface area (TPSA) is 62.2 Å².